The second-order valence-electron chi connectivity index (χ2n) is 5.89. The van der Waals surface area contributed by atoms with Gasteiger partial charge in [-0.15, -0.1) is 0 Å². The maximum absolute atomic E-state index is 12.2. The van der Waals surface area contributed by atoms with Crippen molar-refractivity contribution >= 4 is 5.91 Å². The summed E-state index contributed by atoms with van der Waals surface area (Å²) in [5, 5.41) is 9.94. The smallest absolute Gasteiger partial charge is 0.269 e. The first-order valence-electron chi connectivity index (χ1n) is 8.19. The van der Waals surface area contributed by atoms with Crippen molar-refractivity contribution in [2.75, 3.05) is 13.7 Å². The van der Waals surface area contributed by atoms with E-state index in [1.54, 1.807) is 13.2 Å². The van der Waals surface area contributed by atoms with E-state index in [4.69, 9.17) is 4.74 Å². The number of methoxy groups -OCH3 is 1. The Balaban J connectivity index is 1.55. The number of aromatic nitrogens is 2. The molecule has 0 aliphatic rings. The molecule has 1 aromatic heterocycles. The van der Waals surface area contributed by atoms with Crippen molar-refractivity contribution in [1.29, 1.82) is 0 Å². The predicted molar refractivity (Wildman–Crippen MR) is 97.8 cm³/mol. The lowest BCUT2D eigenvalue weighted by Gasteiger charge is -2.05. The molecule has 1 amide bonds. The second-order valence-corrected chi connectivity index (χ2v) is 5.89. The van der Waals surface area contributed by atoms with Crippen LogP contribution in [0, 0.1) is 6.92 Å². The maximum atomic E-state index is 12.2. The molecule has 0 radical (unpaired) electrons. The zero-order valence-electron chi connectivity index (χ0n) is 14.4. The first-order chi connectivity index (χ1) is 12.2. The van der Waals surface area contributed by atoms with Crippen LogP contribution in [0.1, 0.15) is 21.6 Å². The lowest BCUT2D eigenvalue weighted by atomic mass is 10.1. The van der Waals surface area contributed by atoms with E-state index in [9.17, 15) is 4.79 Å². The molecular formula is C20H21N3O2. The molecule has 0 aliphatic carbocycles. The van der Waals surface area contributed by atoms with E-state index in [-0.39, 0.29) is 5.91 Å². The number of hydrogen-bond acceptors (Lipinski definition) is 3. The molecule has 2 N–H and O–H groups in total. The van der Waals surface area contributed by atoms with Gasteiger partial charge in [0.1, 0.15) is 11.4 Å². The van der Waals surface area contributed by atoms with Crippen LogP contribution in [-0.2, 0) is 6.42 Å². The van der Waals surface area contributed by atoms with Gasteiger partial charge in [0, 0.05) is 12.1 Å². The van der Waals surface area contributed by atoms with Crippen molar-refractivity contribution in [1.82, 2.24) is 15.5 Å². The average Bonchev–Trinajstić information content (AvgIpc) is 3.13. The minimum Gasteiger partial charge on any atom is -0.497 e. The molecule has 0 fully saturated rings. The summed E-state index contributed by atoms with van der Waals surface area (Å²) in [6.07, 6.45) is 0.759. The summed E-state index contributed by atoms with van der Waals surface area (Å²) in [5.74, 6) is 0.674. The Hall–Kier alpha value is -3.08. The highest BCUT2D eigenvalue weighted by Crippen LogP contribution is 2.18. The second kappa shape index (κ2) is 7.66. The Bertz CT molecular complexity index is 836. The number of ether oxygens (including phenoxy) is 1. The Morgan fingerprint density at radius 1 is 1.12 bits per heavy atom. The number of nitrogens with zero attached hydrogens (tertiary/aromatic N) is 1. The van der Waals surface area contributed by atoms with Gasteiger partial charge in [-0.3, -0.25) is 9.89 Å². The van der Waals surface area contributed by atoms with Crippen LogP contribution in [0.25, 0.3) is 11.3 Å². The van der Waals surface area contributed by atoms with Gasteiger partial charge in [0.15, 0.2) is 0 Å². The first kappa shape index (κ1) is 16.8. The van der Waals surface area contributed by atoms with E-state index in [0.717, 1.165) is 29.0 Å². The third kappa shape index (κ3) is 4.26. The van der Waals surface area contributed by atoms with Gasteiger partial charge in [0.05, 0.1) is 12.8 Å². The number of aromatic amines is 1. The zero-order chi connectivity index (χ0) is 17.6. The molecule has 1 heterocycles. The Labute approximate surface area is 147 Å². The number of nitrogens with one attached hydrogen (secondary N) is 2. The Morgan fingerprint density at radius 2 is 1.84 bits per heavy atom. The van der Waals surface area contributed by atoms with Gasteiger partial charge in [0.25, 0.3) is 5.91 Å². The number of rotatable bonds is 6. The number of benzene rings is 2. The number of hydrogen-bond donors (Lipinski definition) is 2. The SMILES string of the molecule is COc1ccc(CCNC(=O)c2cc(-c3ccc(C)cc3)n[nH]2)cc1. The third-order valence-electron chi connectivity index (χ3n) is 4.03. The van der Waals surface area contributed by atoms with Crippen LogP contribution in [0.4, 0.5) is 0 Å². The first-order valence-corrected chi connectivity index (χ1v) is 8.19. The molecule has 5 nitrogen and oxygen atoms in total. The highest BCUT2D eigenvalue weighted by molar-refractivity contribution is 5.93. The van der Waals surface area contributed by atoms with Crippen LogP contribution >= 0.6 is 0 Å². The molecule has 3 aromatic rings. The molecule has 2 aromatic carbocycles. The number of carbonyl (C=O) groups excluding carboxylic acids is 1. The number of carbonyl (C=O) groups is 1. The molecule has 0 spiro atoms. The average molecular weight is 335 g/mol. The normalized spacial score (nSPS) is 10.5. The Kier molecular flexibility index (Phi) is 5.14. The summed E-state index contributed by atoms with van der Waals surface area (Å²) in [5.41, 5.74) is 4.55. The molecule has 0 bridgehead atoms. The van der Waals surface area contributed by atoms with E-state index in [0.29, 0.717) is 12.2 Å². The molecule has 25 heavy (non-hydrogen) atoms. The van der Waals surface area contributed by atoms with Crippen LogP contribution in [0.15, 0.2) is 54.6 Å². The summed E-state index contributed by atoms with van der Waals surface area (Å²) in [6.45, 7) is 2.60. The van der Waals surface area contributed by atoms with Crippen molar-refractivity contribution in [2.45, 2.75) is 13.3 Å². The summed E-state index contributed by atoms with van der Waals surface area (Å²) in [4.78, 5) is 12.2. The van der Waals surface area contributed by atoms with E-state index in [2.05, 4.69) is 15.5 Å². The van der Waals surface area contributed by atoms with Crippen molar-refractivity contribution in [3.63, 3.8) is 0 Å². The minimum atomic E-state index is -0.153. The summed E-state index contributed by atoms with van der Waals surface area (Å²) in [6, 6.07) is 17.6. The Morgan fingerprint density at radius 3 is 2.52 bits per heavy atom. The fourth-order valence-electron chi connectivity index (χ4n) is 2.52. The molecule has 0 unspecified atom stereocenters. The molecule has 0 saturated carbocycles. The van der Waals surface area contributed by atoms with Crippen LogP contribution < -0.4 is 10.1 Å². The van der Waals surface area contributed by atoms with Crippen LogP contribution in [0.2, 0.25) is 0 Å². The standard InChI is InChI=1S/C20H21N3O2/c1-14-3-7-16(8-4-14)18-13-19(23-22-18)20(24)21-12-11-15-5-9-17(25-2)10-6-15/h3-10,13H,11-12H2,1-2H3,(H,21,24)(H,22,23). The highest BCUT2D eigenvalue weighted by Gasteiger charge is 2.10. The number of amides is 1. The summed E-state index contributed by atoms with van der Waals surface area (Å²) < 4.78 is 5.13. The molecule has 5 heteroatoms. The fourth-order valence-corrected chi connectivity index (χ4v) is 2.52. The van der Waals surface area contributed by atoms with Crippen molar-refractivity contribution in [3.05, 3.63) is 71.4 Å². The lowest BCUT2D eigenvalue weighted by molar-refractivity contribution is 0.0949. The van der Waals surface area contributed by atoms with Gasteiger partial charge in [-0.05, 0) is 37.1 Å². The van der Waals surface area contributed by atoms with Crippen molar-refractivity contribution in [3.8, 4) is 17.0 Å². The van der Waals surface area contributed by atoms with Gasteiger partial charge in [-0.2, -0.15) is 5.10 Å². The number of aryl methyl sites for hydroxylation is 1. The monoisotopic (exact) mass is 335 g/mol. The maximum Gasteiger partial charge on any atom is 0.269 e. The molecule has 128 valence electrons. The van der Waals surface area contributed by atoms with Gasteiger partial charge in [0.2, 0.25) is 0 Å². The van der Waals surface area contributed by atoms with Crippen LogP contribution in [0.3, 0.4) is 0 Å². The topological polar surface area (TPSA) is 67.0 Å². The van der Waals surface area contributed by atoms with E-state index in [1.165, 1.54) is 5.56 Å². The predicted octanol–water partition coefficient (Wildman–Crippen LogP) is 3.37. The van der Waals surface area contributed by atoms with E-state index < -0.39 is 0 Å². The third-order valence-corrected chi connectivity index (χ3v) is 4.03. The zero-order valence-corrected chi connectivity index (χ0v) is 14.4. The van der Waals surface area contributed by atoms with E-state index in [1.807, 2.05) is 55.5 Å². The molecule has 0 aliphatic heterocycles. The van der Waals surface area contributed by atoms with Crippen LogP contribution in [-0.4, -0.2) is 29.8 Å². The molecule has 0 saturated heterocycles. The number of H-pyrrole nitrogens is 1. The molecule has 3 rings (SSSR count). The van der Waals surface area contributed by atoms with Crippen LogP contribution in [0.5, 0.6) is 5.75 Å². The van der Waals surface area contributed by atoms with Gasteiger partial charge in [-0.1, -0.05) is 42.0 Å². The van der Waals surface area contributed by atoms with Crippen molar-refractivity contribution in [2.24, 2.45) is 0 Å². The van der Waals surface area contributed by atoms with Crippen molar-refractivity contribution < 1.29 is 9.53 Å². The quantitative estimate of drug-likeness (QED) is 0.726. The lowest BCUT2D eigenvalue weighted by Crippen LogP contribution is -2.26. The fraction of sp³-hybridized carbons (Fsp3) is 0.200. The minimum absolute atomic E-state index is 0.153. The van der Waals surface area contributed by atoms with Gasteiger partial charge in [-0.25, -0.2) is 0 Å². The molecular weight excluding hydrogens is 314 g/mol. The highest BCUT2D eigenvalue weighted by atomic mass is 16.5. The van der Waals surface area contributed by atoms with E-state index >= 15 is 0 Å². The molecule has 0 atom stereocenters. The van der Waals surface area contributed by atoms with Gasteiger partial charge >= 0.3 is 0 Å². The summed E-state index contributed by atoms with van der Waals surface area (Å²) in [7, 11) is 1.64. The largest absolute Gasteiger partial charge is 0.497 e. The van der Waals surface area contributed by atoms with Gasteiger partial charge < -0.3 is 10.1 Å². The summed E-state index contributed by atoms with van der Waals surface area (Å²) >= 11 is 0.